The summed E-state index contributed by atoms with van der Waals surface area (Å²) >= 11 is 0. The Morgan fingerprint density at radius 1 is 0.957 bits per heavy atom. The normalized spacial score (nSPS) is 11.7. The monoisotopic (exact) mass is 311 g/mol. The first-order chi connectivity index (χ1) is 11.1. The van der Waals surface area contributed by atoms with Gasteiger partial charge in [-0.3, -0.25) is 4.79 Å². The lowest BCUT2D eigenvalue weighted by Crippen LogP contribution is -2.43. The molecule has 0 heterocycles. The van der Waals surface area contributed by atoms with Gasteiger partial charge in [0.15, 0.2) is 0 Å². The Morgan fingerprint density at radius 3 is 1.83 bits per heavy atom. The highest BCUT2D eigenvalue weighted by molar-refractivity contribution is 5.91. The maximum Gasteiger partial charge on any atom is 0.326 e. The van der Waals surface area contributed by atoms with E-state index in [4.69, 9.17) is 5.11 Å². The van der Waals surface area contributed by atoms with E-state index in [1.165, 1.54) is 0 Å². The van der Waals surface area contributed by atoms with Crippen LogP contribution < -0.4 is 5.32 Å². The molecule has 118 valence electrons. The van der Waals surface area contributed by atoms with Gasteiger partial charge in [-0.1, -0.05) is 60.7 Å². The number of nitrogens with one attached hydrogen (secondary N) is 1. The fourth-order valence-electron chi connectivity index (χ4n) is 2.36. The molecular formula is C18H17NO4. The Hall–Kier alpha value is -2.95. The van der Waals surface area contributed by atoms with E-state index in [9.17, 15) is 14.4 Å². The molecule has 23 heavy (non-hydrogen) atoms. The highest BCUT2D eigenvalue weighted by Crippen LogP contribution is 2.24. The van der Waals surface area contributed by atoms with Crippen molar-refractivity contribution in [1.82, 2.24) is 5.32 Å². The van der Waals surface area contributed by atoms with Crippen molar-refractivity contribution < 1.29 is 19.5 Å². The van der Waals surface area contributed by atoms with Gasteiger partial charge < -0.3 is 15.2 Å². The third-order valence-corrected chi connectivity index (χ3v) is 3.47. The number of carbonyl (C=O) groups is 3. The van der Waals surface area contributed by atoms with Crippen LogP contribution in [-0.4, -0.2) is 29.3 Å². The van der Waals surface area contributed by atoms with Gasteiger partial charge >= 0.3 is 5.97 Å². The van der Waals surface area contributed by atoms with E-state index in [1.807, 2.05) is 60.7 Å². The Balaban J connectivity index is 2.32. The molecule has 2 aromatic carbocycles. The molecule has 1 unspecified atom stereocenters. The molecule has 0 saturated carbocycles. The number of amides is 1. The lowest BCUT2D eigenvalue weighted by Gasteiger charge is -2.20. The molecule has 0 aromatic heterocycles. The van der Waals surface area contributed by atoms with Crippen LogP contribution in [0.25, 0.3) is 0 Å². The van der Waals surface area contributed by atoms with Crippen molar-refractivity contribution in [2.75, 3.05) is 0 Å². The van der Waals surface area contributed by atoms with Gasteiger partial charge in [0.25, 0.3) is 0 Å². The minimum Gasteiger partial charge on any atom is -0.480 e. The molecule has 0 radical (unpaired) electrons. The maximum absolute atomic E-state index is 12.6. The van der Waals surface area contributed by atoms with Crippen molar-refractivity contribution in [3.05, 3.63) is 71.8 Å². The van der Waals surface area contributed by atoms with Gasteiger partial charge in [-0.15, -0.1) is 0 Å². The SMILES string of the molecule is O=CCC(NC(=O)C(c1ccccc1)c1ccccc1)C(=O)O. The van der Waals surface area contributed by atoms with Crippen LogP contribution in [0.4, 0.5) is 0 Å². The van der Waals surface area contributed by atoms with Gasteiger partial charge in [-0.05, 0) is 11.1 Å². The second-order valence-corrected chi connectivity index (χ2v) is 5.06. The van der Waals surface area contributed by atoms with Gasteiger partial charge in [0.2, 0.25) is 5.91 Å². The van der Waals surface area contributed by atoms with Crippen LogP contribution >= 0.6 is 0 Å². The van der Waals surface area contributed by atoms with Crippen molar-refractivity contribution in [3.63, 3.8) is 0 Å². The Morgan fingerprint density at radius 2 is 1.43 bits per heavy atom. The van der Waals surface area contributed by atoms with E-state index in [0.29, 0.717) is 6.29 Å². The van der Waals surface area contributed by atoms with Crippen LogP contribution in [-0.2, 0) is 14.4 Å². The first kappa shape index (κ1) is 16.4. The second-order valence-electron chi connectivity index (χ2n) is 5.06. The number of carboxylic acids is 1. The van der Waals surface area contributed by atoms with Crippen molar-refractivity contribution in [2.24, 2.45) is 0 Å². The fourth-order valence-corrected chi connectivity index (χ4v) is 2.36. The van der Waals surface area contributed by atoms with E-state index in [1.54, 1.807) is 0 Å². The molecule has 0 aliphatic rings. The average Bonchev–Trinajstić information content (AvgIpc) is 2.56. The number of aldehydes is 1. The summed E-state index contributed by atoms with van der Waals surface area (Å²) in [6, 6.07) is 17.0. The Bertz CT molecular complexity index is 630. The van der Waals surface area contributed by atoms with Crippen LogP contribution in [0.3, 0.4) is 0 Å². The zero-order valence-electron chi connectivity index (χ0n) is 12.4. The summed E-state index contributed by atoms with van der Waals surface area (Å²) in [7, 11) is 0. The summed E-state index contributed by atoms with van der Waals surface area (Å²) in [5.41, 5.74) is 1.51. The number of carboxylic acid groups (broad SMARTS) is 1. The predicted molar refractivity (Wildman–Crippen MR) is 85.0 cm³/mol. The zero-order valence-corrected chi connectivity index (χ0v) is 12.4. The number of aliphatic carboxylic acids is 1. The van der Waals surface area contributed by atoms with Crippen LogP contribution in [0.15, 0.2) is 60.7 Å². The smallest absolute Gasteiger partial charge is 0.326 e. The molecule has 5 heteroatoms. The summed E-state index contributed by atoms with van der Waals surface area (Å²) in [4.78, 5) is 34.4. The van der Waals surface area contributed by atoms with Crippen LogP contribution in [0.5, 0.6) is 0 Å². The third kappa shape index (κ3) is 4.26. The van der Waals surface area contributed by atoms with Crippen LogP contribution in [0.2, 0.25) is 0 Å². The average molecular weight is 311 g/mol. The predicted octanol–water partition coefficient (Wildman–Crippen LogP) is 1.98. The van der Waals surface area contributed by atoms with Crippen molar-refractivity contribution in [3.8, 4) is 0 Å². The highest BCUT2D eigenvalue weighted by Gasteiger charge is 2.27. The van der Waals surface area contributed by atoms with Gasteiger partial charge in [0.1, 0.15) is 12.3 Å². The molecule has 1 amide bonds. The van der Waals surface area contributed by atoms with Crippen molar-refractivity contribution in [1.29, 1.82) is 0 Å². The van der Waals surface area contributed by atoms with E-state index in [-0.39, 0.29) is 6.42 Å². The molecular weight excluding hydrogens is 294 g/mol. The summed E-state index contributed by atoms with van der Waals surface area (Å²) < 4.78 is 0. The van der Waals surface area contributed by atoms with E-state index < -0.39 is 23.8 Å². The Labute approximate surface area is 134 Å². The largest absolute Gasteiger partial charge is 0.480 e. The lowest BCUT2D eigenvalue weighted by atomic mass is 9.90. The summed E-state index contributed by atoms with van der Waals surface area (Å²) in [5, 5.41) is 11.5. The molecule has 2 N–H and O–H groups in total. The van der Waals surface area contributed by atoms with Gasteiger partial charge in [-0.25, -0.2) is 4.79 Å². The molecule has 0 spiro atoms. The molecule has 2 aromatic rings. The molecule has 0 aliphatic carbocycles. The van der Waals surface area contributed by atoms with E-state index >= 15 is 0 Å². The molecule has 0 saturated heterocycles. The molecule has 5 nitrogen and oxygen atoms in total. The summed E-state index contributed by atoms with van der Waals surface area (Å²) in [6.45, 7) is 0. The number of hydrogen-bond donors (Lipinski definition) is 2. The Kier molecular flexibility index (Phi) is 5.63. The minimum atomic E-state index is -1.23. The van der Waals surface area contributed by atoms with Crippen molar-refractivity contribution in [2.45, 2.75) is 18.4 Å². The first-order valence-corrected chi connectivity index (χ1v) is 7.20. The number of rotatable bonds is 7. The summed E-state index contributed by atoms with van der Waals surface area (Å²) in [5.74, 6) is -2.31. The lowest BCUT2D eigenvalue weighted by molar-refractivity contribution is -0.142. The maximum atomic E-state index is 12.6. The summed E-state index contributed by atoms with van der Waals surface area (Å²) in [6.07, 6.45) is 0.219. The first-order valence-electron chi connectivity index (χ1n) is 7.20. The van der Waals surface area contributed by atoms with Crippen LogP contribution in [0, 0.1) is 0 Å². The highest BCUT2D eigenvalue weighted by atomic mass is 16.4. The third-order valence-electron chi connectivity index (χ3n) is 3.47. The topological polar surface area (TPSA) is 83.5 Å². The molecule has 0 fully saturated rings. The van der Waals surface area contributed by atoms with Gasteiger partial charge in [0, 0.05) is 6.42 Å². The second kappa shape index (κ2) is 7.89. The molecule has 0 aliphatic heterocycles. The van der Waals surface area contributed by atoms with Crippen molar-refractivity contribution >= 4 is 18.2 Å². The molecule has 2 rings (SSSR count). The van der Waals surface area contributed by atoms with Gasteiger partial charge in [0.05, 0.1) is 5.92 Å². The molecule has 0 bridgehead atoms. The standard InChI is InChI=1S/C18H17NO4/c20-12-11-15(18(22)23)19-17(21)16(13-7-3-1-4-8-13)14-9-5-2-6-10-14/h1-10,12,15-16H,11H2,(H,19,21)(H,22,23). The van der Waals surface area contributed by atoms with E-state index in [0.717, 1.165) is 11.1 Å². The zero-order chi connectivity index (χ0) is 16.7. The van der Waals surface area contributed by atoms with Gasteiger partial charge in [-0.2, -0.15) is 0 Å². The quantitative estimate of drug-likeness (QED) is 0.766. The minimum absolute atomic E-state index is 0.266. The number of carbonyl (C=O) groups excluding carboxylic acids is 2. The fraction of sp³-hybridized carbons (Fsp3) is 0.167. The van der Waals surface area contributed by atoms with E-state index in [2.05, 4.69) is 5.32 Å². The van der Waals surface area contributed by atoms with Crippen LogP contribution in [0.1, 0.15) is 23.5 Å². The molecule has 1 atom stereocenters. The number of benzene rings is 2. The number of hydrogen-bond acceptors (Lipinski definition) is 3.